The largest absolute Gasteiger partial charge is 0.467 e. The smallest absolute Gasteiger partial charge is 0.131 e. The van der Waals surface area contributed by atoms with Gasteiger partial charge < -0.3 is 9.73 Å². The molecule has 0 unspecified atom stereocenters. The van der Waals surface area contributed by atoms with Crippen molar-refractivity contribution in [2.24, 2.45) is 0 Å². The predicted molar refractivity (Wildman–Crippen MR) is 75.4 cm³/mol. The second-order valence-electron chi connectivity index (χ2n) is 3.86. The molecule has 0 fully saturated rings. The van der Waals surface area contributed by atoms with Gasteiger partial charge in [0, 0.05) is 11.4 Å². The molecule has 3 rings (SSSR count). The monoisotopic (exact) mass is 289 g/mol. The molecule has 0 aliphatic heterocycles. The molecule has 3 aromatic heterocycles. The van der Waals surface area contributed by atoms with Gasteiger partial charge in [-0.3, -0.25) is 0 Å². The zero-order chi connectivity index (χ0) is 13.2. The number of furan rings is 1. The number of fused-ring (bicyclic) bond motifs is 1. The van der Waals surface area contributed by atoms with Crippen molar-refractivity contribution in [2.75, 3.05) is 5.32 Å². The van der Waals surface area contributed by atoms with Crippen LogP contribution in [-0.4, -0.2) is 4.98 Å². The lowest BCUT2D eigenvalue weighted by atomic mass is 10.2. The number of nitrogens with zero attached hydrogens (tertiary/aromatic N) is 2. The van der Waals surface area contributed by atoms with Crippen molar-refractivity contribution in [1.82, 2.24) is 4.98 Å². The summed E-state index contributed by atoms with van der Waals surface area (Å²) >= 11 is 7.47. The fourth-order valence-corrected chi connectivity index (χ4v) is 2.90. The molecule has 0 atom stereocenters. The third kappa shape index (κ3) is 2.28. The summed E-state index contributed by atoms with van der Waals surface area (Å²) in [6.45, 7) is 0.558. The second kappa shape index (κ2) is 4.92. The zero-order valence-electron chi connectivity index (χ0n) is 9.68. The fraction of sp³-hybridized carbons (Fsp3) is 0.0769. The summed E-state index contributed by atoms with van der Waals surface area (Å²) in [6.07, 6.45) is 1.63. The first-order valence-electron chi connectivity index (χ1n) is 5.52. The molecule has 4 nitrogen and oxygen atoms in total. The Hall–Kier alpha value is -2.03. The number of hydrogen-bond donors (Lipinski definition) is 1. The van der Waals surface area contributed by atoms with Gasteiger partial charge in [0.1, 0.15) is 22.5 Å². The molecule has 0 spiro atoms. The molecule has 94 valence electrons. The molecule has 0 saturated heterocycles. The highest BCUT2D eigenvalue weighted by Crippen LogP contribution is 2.33. The summed E-state index contributed by atoms with van der Waals surface area (Å²) in [7, 11) is 0. The number of nitriles is 1. The normalized spacial score (nSPS) is 10.5. The second-order valence-corrected chi connectivity index (χ2v) is 5.13. The van der Waals surface area contributed by atoms with Gasteiger partial charge in [0.25, 0.3) is 0 Å². The standard InChI is InChI=1S/C13H8ClN3OS/c14-11-4-10(16-6-9-2-1-3-18-9)13-12(17-11)8(5-15)7-19-13/h1-4,7H,6H2,(H,16,17). The third-order valence-electron chi connectivity index (χ3n) is 2.65. The number of hydrogen-bond acceptors (Lipinski definition) is 5. The van der Waals surface area contributed by atoms with Crippen LogP contribution in [0.3, 0.4) is 0 Å². The molecule has 0 amide bonds. The lowest BCUT2D eigenvalue weighted by Crippen LogP contribution is -1.98. The summed E-state index contributed by atoms with van der Waals surface area (Å²) in [5.74, 6) is 0.832. The molecule has 3 aromatic rings. The Morgan fingerprint density at radius 1 is 1.53 bits per heavy atom. The van der Waals surface area contributed by atoms with Crippen molar-refractivity contribution in [3.8, 4) is 6.07 Å². The first kappa shape index (κ1) is 12.0. The van der Waals surface area contributed by atoms with E-state index in [1.807, 2.05) is 12.1 Å². The number of pyridine rings is 1. The summed E-state index contributed by atoms with van der Waals surface area (Å²) in [6, 6.07) is 7.60. The molecule has 6 heteroatoms. The number of rotatable bonds is 3. The van der Waals surface area contributed by atoms with Gasteiger partial charge in [-0.1, -0.05) is 11.6 Å². The van der Waals surface area contributed by atoms with Crippen molar-refractivity contribution in [2.45, 2.75) is 6.54 Å². The molecule has 1 N–H and O–H groups in total. The highest BCUT2D eigenvalue weighted by molar-refractivity contribution is 7.18. The average molecular weight is 290 g/mol. The van der Waals surface area contributed by atoms with Crippen molar-refractivity contribution in [3.05, 3.63) is 46.3 Å². The molecule has 19 heavy (non-hydrogen) atoms. The van der Waals surface area contributed by atoms with Crippen LogP contribution in [0.15, 0.2) is 34.3 Å². The minimum atomic E-state index is 0.365. The SMILES string of the molecule is N#Cc1csc2c(NCc3ccco3)cc(Cl)nc12. The highest BCUT2D eigenvalue weighted by Gasteiger charge is 2.11. The maximum absolute atomic E-state index is 9.02. The zero-order valence-corrected chi connectivity index (χ0v) is 11.3. The van der Waals surface area contributed by atoms with Gasteiger partial charge in [-0.2, -0.15) is 5.26 Å². The highest BCUT2D eigenvalue weighted by atomic mass is 35.5. The van der Waals surface area contributed by atoms with E-state index in [1.165, 1.54) is 11.3 Å². The Balaban J connectivity index is 1.99. The Kier molecular flexibility index (Phi) is 3.11. The predicted octanol–water partition coefficient (Wildman–Crippen LogP) is 4.03. The molecule has 0 radical (unpaired) electrons. The lowest BCUT2D eigenvalue weighted by Gasteiger charge is -2.06. The summed E-state index contributed by atoms with van der Waals surface area (Å²) in [5.41, 5.74) is 2.04. The first-order valence-corrected chi connectivity index (χ1v) is 6.78. The maximum atomic E-state index is 9.02. The Morgan fingerprint density at radius 2 is 2.42 bits per heavy atom. The molecule has 0 aromatic carbocycles. The topological polar surface area (TPSA) is 61.9 Å². The van der Waals surface area contributed by atoms with E-state index in [-0.39, 0.29) is 0 Å². The minimum Gasteiger partial charge on any atom is -0.467 e. The van der Waals surface area contributed by atoms with Crippen LogP contribution in [0.1, 0.15) is 11.3 Å². The number of aromatic nitrogens is 1. The first-order chi connectivity index (χ1) is 9.28. The molecule has 0 aliphatic carbocycles. The summed E-state index contributed by atoms with van der Waals surface area (Å²) in [5, 5.41) is 14.4. The van der Waals surface area contributed by atoms with Crippen LogP contribution < -0.4 is 5.32 Å². The van der Waals surface area contributed by atoms with Gasteiger partial charge in [-0.15, -0.1) is 11.3 Å². The van der Waals surface area contributed by atoms with Crippen LogP contribution in [-0.2, 0) is 6.54 Å². The Morgan fingerprint density at radius 3 is 3.16 bits per heavy atom. The lowest BCUT2D eigenvalue weighted by molar-refractivity contribution is 0.518. The van der Waals surface area contributed by atoms with Crippen LogP contribution in [0.4, 0.5) is 5.69 Å². The number of thiophene rings is 1. The van der Waals surface area contributed by atoms with Crippen LogP contribution in [0.2, 0.25) is 5.15 Å². The van der Waals surface area contributed by atoms with Crippen molar-refractivity contribution < 1.29 is 4.42 Å². The summed E-state index contributed by atoms with van der Waals surface area (Å²) < 4.78 is 6.19. The van der Waals surface area contributed by atoms with E-state index in [4.69, 9.17) is 21.3 Å². The van der Waals surface area contributed by atoms with E-state index in [9.17, 15) is 0 Å². The Bertz CT molecular complexity index is 758. The third-order valence-corrected chi connectivity index (χ3v) is 3.84. The molecular weight excluding hydrogens is 282 g/mol. The summed E-state index contributed by atoms with van der Waals surface area (Å²) in [4.78, 5) is 4.20. The number of halogens is 1. The number of anilines is 1. The van der Waals surface area contributed by atoms with Crippen LogP contribution in [0.5, 0.6) is 0 Å². The van der Waals surface area contributed by atoms with Crippen molar-refractivity contribution in [3.63, 3.8) is 0 Å². The van der Waals surface area contributed by atoms with Crippen LogP contribution in [0.25, 0.3) is 10.2 Å². The quantitative estimate of drug-likeness (QED) is 0.740. The van der Waals surface area contributed by atoms with E-state index >= 15 is 0 Å². The maximum Gasteiger partial charge on any atom is 0.131 e. The molecule has 0 aliphatic rings. The van der Waals surface area contributed by atoms with Gasteiger partial charge in [0.05, 0.1) is 28.8 Å². The molecule has 3 heterocycles. The average Bonchev–Trinajstić information content (AvgIpc) is 3.04. The number of nitrogens with one attached hydrogen (secondary N) is 1. The van der Waals surface area contributed by atoms with E-state index in [0.717, 1.165) is 16.1 Å². The van der Waals surface area contributed by atoms with Crippen molar-refractivity contribution in [1.29, 1.82) is 5.26 Å². The van der Waals surface area contributed by atoms with Gasteiger partial charge in [0.2, 0.25) is 0 Å². The molecule has 0 bridgehead atoms. The minimum absolute atomic E-state index is 0.365. The van der Waals surface area contributed by atoms with Crippen LogP contribution in [0, 0.1) is 11.3 Å². The van der Waals surface area contributed by atoms with E-state index in [1.54, 1.807) is 17.7 Å². The van der Waals surface area contributed by atoms with Crippen molar-refractivity contribution >= 4 is 38.8 Å². The van der Waals surface area contributed by atoms with E-state index < -0.39 is 0 Å². The molecule has 0 saturated carbocycles. The molecular formula is C13H8ClN3OS. The van der Waals surface area contributed by atoms with Gasteiger partial charge in [0.15, 0.2) is 0 Å². The fourth-order valence-electron chi connectivity index (χ4n) is 1.78. The van der Waals surface area contributed by atoms with Gasteiger partial charge >= 0.3 is 0 Å². The van der Waals surface area contributed by atoms with Crippen LogP contribution >= 0.6 is 22.9 Å². The van der Waals surface area contributed by atoms with Gasteiger partial charge in [-0.05, 0) is 12.1 Å². The van der Waals surface area contributed by atoms with Gasteiger partial charge in [-0.25, -0.2) is 4.98 Å². The van der Waals surface area contributed by atoms with E-state index in [0.29, 0.717) is 22.8 Å². The van der Waals surface area contributed by atoms with E-state index in [2.05, 4.69) is 16.4 Å². The Labute approximate surface area is 118 Å².